The van der Waals surface area contributed by atoms with E-state index in [1.165, 1.54) is 32.1 Å². The van der Waals surface area contributed by atoms with Gasteiger partial charge in [-0.25, -0.2) is 0 Å². The van der Waals surface area contributed by atoms with E-state index in [4.69, 9.17) is 4.74 Å². The molecule has 15 heavy (non-hydrogen) atoms. The molecule has 0 saturated carbocycles. The molecule has 0 spiro atoms. The van der Waals surface area contributed by atoms with Crippen LogP contribution < -0.4 is 5.32 Å². The molecule has 0 amide bonds. The van der Waals surface area contributed by atoms with Crippen molar-refractivity contribution >= 4 is 0 Å². The summed E-state index contributed by atoms with van der Waals surface area (Å²) in [6.45, 7) is 8.79. The number of hydrogen-bond donors (Lipinski definition) is 1. The van der Waals surface area contributed by atoms with Gasteiger partial charge in [0, 0.05) is 19.2 Å². The second-order valence-electron chi connectivity index (χ2n) is 5.02. The Balaban J connectivity index is 2.29. The Bertz CT molecular complexity index is 159. The zero-order valence-corrected chi connectivity index (χ0v) is 10.6. The van der Waals surface area contributed by atoms with Crippen LogP contribution in [0.5, 0.6) is 0 Å². The van der Waals surface area contributed by atoms with Crippen LogP contribution in [0.25, 0.3) is 0 Å². The highest BCUT2D eigenvalue weighted by atomic mass is 16.5. The Morgan fingerprint density at radius 3 is 2.87 bits per heavy atom. The summed E-state index contributed by atoms with van der Waals surface area (Å²) in [5.41, 5.74) is 0. The topological polar surface area (TPSA) is 21.3 Å². The fourth-order valence-corrected chi connectivity index (χ4v) is 2.25. The molecule has 1 saturated heterocycles. The predicted molar refractivity (Wildman–Crippen MR) is 65.1 cm³/mol. The first-order valence-electron chi connectivity index (χ1n) is 6.59. The Morgan fingerprint density at radius 2 is 2.20 bits per heavy atom. The molecule has 1 aliphatic heterocycles. The van der Waals surface area contributed by atoms with Crippen LogP contribution in [-0.4, -0.2) is 25.3 Å². The summed E-state index contributed by atoms with van der Waals surface area (Å²) >= 11 is 0. The molecular weight excluding hydrogens is 186 g/mol. The van der Waals surface area contributed by atoms with E-state index in [1.807, 2.05) is 0 Å². The van der Waals surface area contributed by atoms with Crippen LogP contribution in [-0.2, 0) is 4.74 Å². The lowest BCUT2D eigenvalue weighted by molar-refractivity contribution is -0.0315. The third-order valence-electron chi connectivity index (χ3n) is 3.21. The van der Waals surface area contributed by atoms with Crippen LogP contribution in [0.2, 0.25) is 0 Å². The van der Waals surface area contributed by atoms with Gasteiger partial charge in [0.25, 0.3) is 0 Å². The monoisotopic (exact) mass is 213 g/mol. The fourth-order valence-electron chi connectivity index (χ4n) is 2.25. The maximum atomic E-state index is 5.88. The Morgan fingerprint density at radius 1 is 1.40 bits per heavy atom. The van der Waals surface area contributed by atoms with Crippen molar-refractivity contribution in [3.05, 3.63) is 0 Å². The Labute approximate surface area is 94.8 Å². The average molecular weight is 213 g/mol. The van der Waals surface area contributed by atoms with Gasteiger partial charge in [0.1, 0.15) is 0 Å². The zero-order valence-electron chi connectivity index (χ0n) is 10.6. The van der Waals surface area contributed by atoms with Crippen LogP contribution in [0.4, 0.5) is 0 Å². The van der Waals surface area contributed by atoms with Gasteiger partial charge in [0.2, 0.25) is 0 Å². The molecule has 1 rings (SSSR count). The van der Waals surface area contributed by atoms with Gasteiger partial charge in [0.05, 0.1) is 6.10 Å². The summed E-state index contributed by atoms with van der Waals surface area (Å²) in [4.78, 5) is 0. The lowest BCUT2D eigenvalue weighted by Gasteiger charge is -2.32. The van der Waals surface area contributed by atoms with Gasteiger partial charge in [0.15, 0.2) is 0 Å². The van der Waals surface area contributed by atoms with Crippen molar-refractivity contribution in [1.82, 2.24) is 5.32 Å². The minimum absolute atomic E-state index is 0.518. The first-order chi connectivity index (χ1) is 7.24. The van der Waals surface area contributed by atoms with Gasteiger partial charge >= 0.3 is 0 Å². The summed E-state index contributed by atoms with van der Waals surface area (Å²) in [6, 6.07) is 0.596. The highest BCUT2D eigenvalue weighted by Gasteiger charge is 2.25. The maximum Gasteiger partial charge on any atom is 0.0615 e. The van der Waals surface area contributed by atoms with Gasteiger partial charge in [-0.1, -0.05) is 33.6 Å². The molecule has 1 fully saturated rings. The molecule has 2 nitrogen and oxygen atoms in total. The van der Waals surface area contributed by atoms with Crippen LogP contribution in [0, 0.1) is 5.92 Å². The lowest BCUT2D eigenvalue weighted by atomic mass is 9.91. The summed E-state index contributed by atoms with van der Waals surface area (Å²) in [5.74, 6) is 0.743. The van der Waals surface area contributed by atoms with Crippen molar-refractivity contribution in [2.45, 2.75) is 65.0 Å². The van der Waals surface area contributed by atoms with Crippen molar-refractivity contribution in [3.8, 4) is 0 Å². The molecule has 2 unspecified atom stereocenters. The smallest absolute Gasteiger partial charge is 0.0615 e. The van der Waals surface area contributed by atoms with E-state index in [0.717, 1.165) is 19.1 Å². The van der Waals surface area contributed by atoms with E-state index in [1.54, 1.807) is 0 Å². The molecule has 1 aliphatic rings. The van der Waals surface area contributed by atoms with Gasteiger partial charge in [-0.15, -0.1) is 0 Å². The molecule has 0 aliphatic carbocycles. The van der Waals surface area contributed by atoms with E-state index in [9.17, 15) is 0 Å². The summed E-state index contributed by atoms with van der Waals surface area (Å²) in [6.07, 6.45) is 6.94. The van der Waals surface area contributed by atoms with E-state index in [0.29, 0.717) is 12.1 Å². The van der Waals surface area contributed by atoms with Crippen molar-refractivity contribution < 1.29 is 4.74 Å². The Hall–Kier alpha value is -0.0800. The van der Waals surface area contributed by atoms with Crippen LogP contribution >= 0.6 is 0 Å². The van der Waals surface area contributed by atoms with Gasteiger partial charge < -0.3 is 10.1 Å². The summed E-state index contributed by atoms with van der Waals surface area (Å²) < 4.78 is 5.88. The van der Waals surface area contributed by atoms with Gasteiger partial charge in [-0.2, -0.15) is 0 Å². The SMILES string of the molecule is CCCCC1OCCCC1CNC(C)C. The first-order valence-corrected chi connectivity index (χ1v) is 6.59. The third kappa shape index (κ3) is 4.98. The molecule has 0 aromatic heterocycles. The maximum absolute atomic E-state index is 5.88. The van der Waals surface area contributed by atoms with Gasteiger partial charge in [-0.05, 0) is 25.2 Å². The third-order valence-corrected chi connectivity index (χ3v) is 3.21. The number of rotatable bonds is 6. The summed E-state index contributed by atoms with van der Waals surface area (Å²) in [5, 5.41) is 3.54. The van der Waals surface area contributed by atoms with Crippen molar-refractivity contribution in [2.75, 3.05) is 13.2 Å². The van der Waals surface area contributed by atoms with Crippen molar-refractivity contribution in [2.24, 2.45) is 5.92 Å². The average Bonchev–Trinajstić information content (AvgIpc) is 2.24. The molecule has 1 N–H and O–H groups in total. The normalized spacial score (nSPS) is 27.2. The first kappa shape index (κ1) is 13.0. The Kier molecular flexibility index (Phi) is 6.26. The molecule has 2 heteroatoms. The van der Waals surface area contributed by atoms with Crippen LogP contribution in [0.3, 0.4) is 0 Å². The minimum Gasteiger partial charge on any atom is -0.378 e. The van der Waals surface area contributed by atoms with E-state index >= 15 is 0 Å². The molecule has 2 atom stereocenters. The van der Waals surface area contributed by atoms with Gasteiger partial charge in [-0.3, -0.25) is 0 Å². The molecule has 0 radical (unpaired) electrons. The van der Waals surface area contributed by atoms with E-state index in [-0.39, 0.29) is 0 Å². The quantitative estimate of drug-likeness (QED) is 0.732. The lowest BCUT2D eigenvalue weighted by Crippen LogP contribution is -2.38. The van der Waals surface area contributed by atoms with Crippen LogP contribution in [0.1, 0.15) is 52.9 Å². The van der Waals surface area contributed by atoms with Crippen molar-refractivity contribution in [1.29, 1.82) is 0 Å². The molecule has 0 bridgehead atoms. The number of unbranched alkanes of at least 4 members (excludes halogenated alkanes) is 1. The number of ether oxygens (including phenoxy) is 1. The number of nitrogens with one attached hydrogen (secondary N) is 1. The highest BCUT2D eigenvalue weighted by Crippen LogP contribution is 2.24. The zero-order chi connectivity index (χ0) is 11.1. The second kappa shape index (κ2) is 7.24. The minimum atomic E-state index is 0.518. The molecule has 1 heterocycles. The second-order valence-corrected chi connectivity index (χ2v) is 5.02. The fraction of sp³-hybridized carbons (Fsp3) is 1.00. The largest absolute Gasteiger partial charge is 0.378 e. The molecule has 0 aromatic carbocycles. The van der Waals surface area contributed by atoms with E-state index < -0.39 is 0 Å². The summed E-state index contributed by atoms with van der Waals surface area (Å²) in [7, 11) is 0. The molecule has 90 valence electrons. The van der Waals surface area contributed by atoms with Crippen molar-refractivity contribution in [3.63, 3.8) is 0 Å². The van der Waals surface area contributed by atoms with Crippen LogP contribution in [0.15, 0.2) is 0 Å². The molecular formula is C13H27NO. The number of hydrogen-bond acceptors (Lipinski definition) is 2. The molecule has 0 aromatic rings. The highest BCUT2D eigenvalue weighted by molar-refractivity contribution is 4.77. The van der Waals surface area contributed by atoms with E-state index in [2.05, 4.69) is 26.1 Å². The standard InChI is InChI=1S/C13H27NO/c1-4-5-8-13-12(7-6-9-15-13)10-14-11(2)3/h11-14H,4-10H2,1-3H3. The predicted octanol–water partition coefficient (Wildman–Crippen LogP) is 2.97.